The zero-order valence-electron chi connectivity index (χ0n) is 12.0. The molecule has 0 aliphatic carbocycles. The Hall–Kier alpha value is -1.59. The number of rotatable bonds is 4. The van der Waals surface area contributed by atoms with Crippen LogP contribution in [0, 0.1) is 0 Å². The van der Waals surface area contributed by atoms with Gasteiger partial charge in [-0.3, -0.25) is 9.69 Å². The quantitative estimate of drug-likeness (QED) is 0.801. The zero-order chi connectivity index (χ0) is 14.5. The van der Waals surface area contributed by atoms with Crippen molar-refractivity contribution in [3.05, 3.63) is 29.8 Å². The van der Waals surface area contributed by atoms with Gasteiger partial charge in [-0.15, -0.1) is 0 Å². The van der Waals surface area contributed by atoms with E-state index in [2.05, 4.69) is 4.90 Å². The van der Waals surface area contributed by atoms with E-state index in [1.165, 1.54) is 0 Å². The van der Waals surface area contributed by atoms with E-state index in [9.17, 15) is 9.90 Å². The zero-order valence-corrected chi connectivity index (χ0v) is 12.0. The summed E-state index contributed by atoms with van der Waals surface area (Å²) in [6, 6.07) is 7.36. The Morgan fingerprint density at radius 2 is 1.85 bits per heavy atom. The van der Waals surface area contributed by atoms with Gasteiger partial charge in [0.2, 0.25) is 5.91 Å². The maximum atomic E-state index is 11.2. The monoisotopic (exact) mass is 277 g/mol. The van der Waals surface area contributed by atoms with Gasteiger partial charge in [-0.05, 0) is 24.1 Å². The molecule has 1 saturated heterocycles. The number of aliphatic hydroxyl groups excluding tert-OH is 1. The molecule has 110 valence electrons. The minimum absolute atomic E-state index is 0.145. The number of nitrogens with zero attached hydrogens (tertiary/aromatic N) is 2. The third kappa shape index (κ3) is 3.95. The molecule has 1 aromatic carbocycles. The number of piperazine rings is 1. The van der Waals surface area contributed by atoms with E-state index in [4.69, 9.17) is 5.73 Å². The molecular weight excluding hydrogens is 254 g/mol. The summed E-state index contributed by atoms with van der Waals surface area (Å²) in [5.41, 5.74) is 7.25. The molecule has 1 atom stereocenters. The molecule has 1 fully saturated rings. The lowest BCUT2D eigenvalue weighted by atomic mass is 10.1. The van der Waals surface area contributed by atoms with Gasteiger partial charge in [-0.25, -0.2) is 0 Å². The number of hydrogen-bond donors (Lipinski definition) is 2. The SMILES string of the molecule is CC(=O)N1CCN(CCC(O)c2ccc(N)cc2)CC1. The number of carbonyl (C=O) groups is 1. The molecule has 5 heteroatoms. The number of amides is 1. The third-order valence-corrected chi connectivity index (χ3v) is 3.86. The smallest absolute Gasteiger partial charge is 0.219 e. The molecule has 0 bridgehead atoms. The Balaban J connectivity index is 1.75. The minimum atomic E-state index is -0.457. The molecule has 1 aliphatic rings. The van der Waals surface area contributed by atoms with Crippen LogP contribution in [0.4, 0.5) is 5.69 Å². The van der Waals surface area contributed by atoms with Gasteiger partial charge in [0.05, 0.1) is 6.10 Å². The van der Waals surface area contributed by atoms with E-state index in [1.54, 1.807) is 6.92 Å². The van der Waals surface area contributed by atoms with E-state index in [0.29, 0.717) is 12.1 Å². The van der Waals surface area contributed by atoms with Crippen LogP contribution in [-0.2, 0) is 4.79 Å². The highest BCUT2D eigenvalue weighted by Crippen LogP contribution is 2.18. The highest BCUT2D eigenvalue weighted by Gasteiger charge is 2.19. The normalized spacial score (nSPS) is 18.0. The highest BCUT2D eigenvalue weighted by molar-refractivity contribution is 5.73. The Bertz CT molecular complexity index is 439. The van der Waals surface area contributed by atoms with E-state index >= 15 is 0 Å². The van der Waals surface area contributed by atoms with Crippen molar-refractivity contribution in [2.75, 3.05) is 38.5 Å². The molecule has 1 heterocycles. The molecule has 20 heavy (non-hydrogen) atoms. The summed E-state index contributed by atoms with van der Waals surface area (Å²) in [5.74, 6) is 0.145. The van der Waals surface area contributed by atoms with Crippen molar-refractivity contribution in [2.24, 2.45) is 0 Å². The average Bonchev–Trinajstić information content (AvgIpc) is 2.46. The van der Waals surface area contributed by atoms with E-state index in [-0.39, 0.29) is 5.91 Å². The fourth-order valence-corrected chi connectivity index (χ4v) is 2.48. The predicted octanol–water partition coefficient (Wildman–Crippen LogP) is 0.856. The molecular formula is C15H23N3O2. The number of benzene rings is 1. The number of hydrogen-bond acceptors (Lipinski definition) is 4. The Morgan fingerprint density at radius 1 is 1.25 bits per heavy atom. The van der Waals surface area contributed by atoms with Gasteiger partial charge in [0, 0.05) is 45.3 Å². The van der Waals surface area contributed by atoms with E-state index in [0.717, 1.165) is 38.3 Å². The van der Waals surface area contributed by atoms with E-state index < -0.39 is 6.10 Å². The molecule has 3 N–H and O–H groups in total. The maximum Gasteiger partial charge on any atom is 0.219 e. The lowest BCUT2D eigenvalue weighted by molar-refractivity contribution is -0.130. The largest absolute Gasteiger partial charge is 0.399 e. The van der Waals surface area contributed by atoms with Crippen molar-refractivity contribution in [3.8, 4) is 0 Å². The molecule has 2 rings (SSSR count). The van der Waals surface area contributed by atoms with Gasteiger partial charge in [0.1, 0.15) is 0 Å². The summed E-state index contributed by atoms with van der Waals surface area (Å²) >= 11 is 0. The molecule has 1 aromatic rings. The lowest BCUT2D eigenvalue weighted by Crippen LogP contribution is -2.48. The maximum absolute atomic E-state index is 11.2. The molecule has 1 aliphatic heterocycles. The van der Waals surface area contributed by atoms with Crippen molar-refractivity contribution in [1.29, 1.82) is 0 Å². The van der Waals surface area contributed by atoms with Crippen LogP contribution in [0.3, 0.4) is 0 Å². The number of nitrogen functional groups attached to an aromatic ring is 1. The van der Waals surface area contributed by atoms with Crippen LogP contribution in [-0.4, -0.2) is 53.5 Å². The second-order valence-electron chi connectivity index (χ2n) is 5.32. The fraction of sp³-hybridized carbons (Fsp3) is 0.533. The number of carbonyl (C=O) groups excluding carboxylic acids is 1. The first-order valence-corrected chi connectivity index (χ1v) is 7.07. The first-order chi connectivity index (χ1) is 9.56. The summed E-state index contributed by atoms with van der Waals surface area (Å²) < 4.78 is 0. The summed E-state index contributed by atoms with van der Waals surface area (Å²) in [4.78, 5) is 15.4. The summed E-state index contributed by atoms with van der Waals surface area (Å²) in [6.45, 7) is 5.79. The standard InChI is InChI=1S/C15H23N3O2/c1-12(19)18-10-8-17(9-11-18)7-6-15(20)13-2-4-14(16)5-3-13/h2-5,15,20H,6-11,16H2,1H3. The fourth-order valence-electron chi connectivity index (χ4n) is 2.48. The van der Waals surface area contributed by atoms with E-state index in [1.807, 2.05) is 29.2 Å². The van der Waals surface area contributed by atoms with Crippen LogP contribution < -0.4 is 5.73 Å². The molecule has 0 radical (unpaired) electrons. The van der Waals surface area contributed by atoms with Crippen LogP contribution in [0.2, 0.25) is 0 Å². The number of nitrogens with two attached hydrogens (primary N) is 1. The van der Waals surface area contributed by atoms with Crippen LogP contribution in [0.25, 0.3) is 0 Å². The van der Waals surface area contributed by atoms with Crippen molar-refractivity contribution >= 4 is 11.6 Å². The van der Waals surface area contributed by atoms with Gasteiger partial charge < -0.3 is 15.7 Å². The Labute approximate surface area is 120 Å². The number of anilines is 1. The second kappa shape index (κ2) is 6.72. The average molecular weight is 277 g/mol. The van der Waals surface area contributed by atoms with Crippen LogP contribution >= 0.6 is 0 Å². The Morgan fingerprint density at radius 3 is 2.40 bits per heavy atom. The Kier molecular flexibility index (Phi) is 4.98. The molecule has 1 amide bonds. The van der Waals surface area contributed by atoms with Gasteiger partial charge in [0.15, 0.2) is 0 Å². The van der Waals surface area contributed by atoms with Gasteiger partial charge >= 0.3 is 0 Å². The van der Waals surface area contributed by atoms with Crippen LogP contribution in [0.15, 0.2) is 24.3 Å². The van der Waals surface area contributed by atoms with Crippen LogP contribution in [0.1, 0.15) is 25.0 Å². The van der Waals surface area contributed by atoms with Gasteiger partial charge in [0.25, 0.3) is 0 Å². The predicted molar refractivity (Wildman–Crippen MR) is 79.1 cm³/mol. The van der Waals surface area contributed by atoms with Gasteiger partial charge in [-0.1, -0.05) is 12.1 Å². The second-order valence-corrected chi connectivity index (χ2v) is 5.32. The molecule has 1 unspecified atom stereocenters. The highest BCUT2D eigenvalue weighted by atomic mass is 16.3. The molecule has 5 nitrogen and oxygen atoms in total. The summed E-state index contributed by atoms with van der Waals surface area (Å²) in [7, 11) is 0. The molecule has 0 aromatic heterocycles. The summed E-state index contributed by atoms with van der Waals surface area (Å²) in [6.07, 6.45) is 0.241. The van der Waals surface area contributed by atoms with Gasteiger partial charge in [-0.2, -0.15) is 0 Å². The lowest BCUT2D eigenvalue weighted by Gasteiger charge is -2.34. The topological polar surface area (TPSA) is 69.8 Å². The van der Waals surface area contributed by atoms with Crippen molar-refractivity contribution in [1.82, 2.24) is 9.80 Å². The first kappa shape index (κ1) is 14.8. The molecule has 0 spiro atoms. The molecule has 0 saturated carbocycles. The van der Waals surface area contributed by atoms with Crippen LogP contribution in [0.5, 0.6) is 0 Å². The summed E-state index contributed by atoms with van der Waals surface area (Å²) in [5, 5.41) is 10.2. The van der Waals surface area contributed by atoms with Crippen molar-refractivity contribution in [3.63, 3.8) is 0 Å². The minimum Gasteiger partial charge on any atom is -0.399 e. The third-order valence-electron chi connectivity index (χ3n) is 3.86. The first-order valence-electron chi connectivity index (χ1n) is 7.07. The van der Waals surface area contributed by atoms with Crippen molar-refractivity contribution in [2.45, 2.75) is 19.4 Å². The number of aliphatic hydroxyl groups is 1. The van der Waals surface area contributed by atoms with Crippen molar-refractivity contribution < 1.29 is 9.90 Å².